The molecule has 7 heteroatoms. The zero-order valence-electron chi connectivity index (χ0n) is 12.0. The minimum Gasteiger partial charge on any atom is -0.352 e. The average molecular weight is 332 g/mol. The Hall–Kier alpha value is -1.33. The van der Waals surface area contributed by atoms with E-state index in [0.717, 1.165) is 0 Å². The third kappa shape index (κ3) is 3.47. The van der Waals surface area contributed by atoms with E-state index in [9.17, 15) is 9.18 Å². The van der Waals surface area contributed by atoms with E-state index in [2.05, 4.69) is 10.3 Å². The van der Waals surface area contributed by atoms with Gasteiger partial charge in [0.05, 0.1) is 21.4 Å². The first-order chi connectivity index (χ1) is 9.79. The van der Waals surface area contributed by atoms with Gasteiger partial charge in [0.2, 0.25) is 5.91 Å². The lowest BCUT2D eigenvalue weighted by Gasteiger charge is -2.12. The van der Waals surface area contributed by atoms with Crippen LogP contribution in [-0.4, -0.2) is 21.5 Å². The lowest BCUT2D eigenvalue weighted by atomic mass is 10.3. The Kier molecular flexibility index (Phi) is 4.74. The summed E-state index contributed by atoms with van der Waals surface area (Å²) < 4.78 is 15.3. The highest BCUT2D eigenvalue weighted by Gasteiger charge is 2.19. The highest BCUT2D eigenvalue weighted by molar-refractivity contribution is 6.31. The third-order valence-corrected chi connectivity index (χ3v) is 3.41. The highest BCUT2D eigenvalue weighted by atomic mass is 35.5. The molecule has 1 aromatic carbocycles. The van der Waals surface area contributed by atoms with Crippen molar-refractivity contribution in [2.45, 2.75) is 38.7 Å². The van der Waals surface area contributed by atoms with Crippen LogP contribution in [0.15, 0.2) is 12.1 Å². The van der Waals surface area contributed by atoms with Crippen LogP contribution in [0.2, 0.25) is 5.02 Å². The SMILES string of the molecule is CC(C)NC(=O)Cn1c(C(C)Cl)nc2cc(Cl)c(F)cc21. The second-order valence-electron chi connectivity index (χ2n) is 5.15. The van der Waals surface area contributed by atoms with Crippen LogP contribution in [0.5, 0.6) is 0 Å². The van der Waals surface area contributed by atoms with Crippen molar-refractivity contribution in [1.29, 1.82) is 0 Å². The number of alkyl halides is 1. The summed E-state index contributed by atoms with van der Waals surface area (Å²) in [6.45, 7) is 5.52. The second kappa shape index (κ2) is 6.20. The summed E-state index contributed by atoms with van der Waals surface area (Å²) in [4.78, 5) is 16.3. The fourth-order valence-electron chi connectivity index (χ4n) is 2.12. The van der Waals surface area contributed by atoms with Gasteiger partial charge in [-0.1, -0.05) is 11.6 Å². The first-order valence-corrected chi connectivity index (χ1v) is 7.39. The lowest BCUT2D eigenvalue weighted by Crippen LogP contribution is -2.33. The fraction of sp³-hybridized carbons (Fsp3) is 0.429. The molecular weight excluding hydrogens is 316 g/mol. The molecule has 0 aliphatic carbocycles. The van der Waals surface area contributed by atoms with Crippen molar-refractivity contribution in [3.63, 3.8) is 0 Å². The summed E-state index contributed by atoms with van der Waals surface area (Å²) in [7, 11) is 0. The molecule has 1 N–H and O–H groups in total. The first-order valence-electron chi connectivity index (χ1n) is 6.58. The monoisotopic (exact) mass is 331 g/mol. The fourth-order valence-corrected chi connectivity index (χ4v) is 2.44. The predicted octanol–water partition coefficient (Wildman–Crippen LogP) is 3.65. The molecule has 0 aliphatic heterocycles. The number of nitrogens with zero attached hydrogens (tertiary/aromatic N) is 2. The van der Waals surface area contributed by atoms with E-state index >= 15 is 0 Å². The van der Waals surface area contributed by atoms with Crippen LogP contribution in [0.1, 0.15) is 32.0 Å². The topological polar surface area (TPSA) is 46.9 Å². The molecule has 1 unspecified atom stereocenters. The van der Waals surface area contributed by atoms with Crippen molar-refractivity contribution in [1.82, 2.24) is 14.9 Å². The molecule has 0 bridgehead atoms. The maximum absolute atomic E-state index is 13.7. The summed E-state index contributed by atoms with van der Waals surface area (Å²) in [5.41, 5.74) is 1.01. The van der Waals surface area contributed by atoms with E-state index in [1.807, 2.05) is 13.8 Å². The summed E-state index contributed by atoms with van der Waals surface area (Å²) in [5, 5.41) is 2.37. The van der Waals surface area contributed by atoms with Crippen molar-refractivity contribution in [3.05, 3.63) is 28.8 Å². The minimum atomic E-state index is -0.552. The van der Waals surface area contributed by atoms with Crippen molar-refractivity contribution in [3.8, 4) is 0 Å². The molecule has 0 saturated carbocycles. The van der Waals surface area contributed by atoms with Gasteiger partial charge in [0.1, 0.15) is 18.2 Å². The third-order valence-electron chi connectivity index (χ3n) is 2.93. The van der Waals surface area contributed by atoms with Crippen LogP contribution in [0.3, 0.4) is 0 Å². The second-order valence-corrected chi connectivity index (χ2v) is 6.21. The molecular formula is C14H16Cl2FN3O. The number of aromatic nitrogens is 2. The van der Waals surface area contributed by atoms with Gasteiger partial charge in [-0.25, -0.2) is 9.37 Å². The molecule has 21 heavy (non-hydrogen) atoms. The standard InChI is InChI=1S/C14H16Cl2FN3O/c1-7(2)18-13(21)6-20-12-5-10(17)9(16)4-11(12)19-14(20)8(3)15/h4-5,7-8H,6H2,1-3H3,(H,18,21). The van der Waals surface area contributed by atoms with Gasteiger partial charge in [0.25, 0.3) is 0 Å². The number of halogens is 3. The van der Waals surface area contributed by atoms with Crippen LogP contribution < -0.4 is 5.32 Å². The van der Waals surface area contributed by atoms with Gasteiger partial charge in [-0.15, -0.1) is 11.6 Å². The quantitative estimate of drug-likeness (QED) is 0.869. The molecule has 0 fully saturated rings. The van der Waals surface area contributed by atoms with Gasteiger partial charge in [0, 0.05) is 12.1 Å². The van der Waals surface area contributed by atoms with Gasteiger partial charge >= 0.3 is 0 Å². The van der Waals surface area contributed by atoms with E-state index in [1.54, 1.807) is 11.5 Å². The van der Waals surface area contributed by atoms with E-state index in [4.69, 9.17) is 23.2 Å². The summed E-state index contributed by atoms with van der Waals surface area (Å²) in [6, 6.07) is 2.73. The first kappa shape index (κ1) is 16.0. The molecule has 2 rings (SSSR count). The highest BCUT2D eigenvalue weighted by Crippen LogP contribution is 2.28. The minimum absolute atomic E-state index is 0.00689. The smallest absolute Gasteiger partial charge is 0.240 e. The zero-order valence-corrected chi connectivity index (χ0v) is 13.5. The van der Waals surface area contributed by atoms with E-state index in [0.29, 0.717) is 16.9 Å². The Morgan fingerprint density at radius 3 is 2.67 bits per heavy atom. The molecule has 1 heterocycles. The van der Waals surface area contributed by atoms with E-state index < -0.39 is 11.2 Å². The number of carbonyl (C=O) groups excluding carboxylic acids is 1. The van der Waals surface area contributed by atoms with Gasteiger partial charge < -0.3 is 9.88 Å². The molecule has 0 saturated heterocycles. The van der Waals surface area contributed by atoms with Crippen molar-refractivity contribution >= 4 is 40.1 Å². The van der Waals surface area contributed by atoms with Crippen molar-refractivity contribution < 1.29 is 9.18 Å². The number of fused-ring (bicyclic) bond motifs is 1. The predicted molar refractivity (Wildman–Crippen MR) is 82.2 cm³/mol. The number of rotatable bonds is 4. The number of carbonyl (C=O) groups is 1. The molecule has 0 radical (unpaired) electrons. The molecule has 0 spiro atoms. The number of benzene rings is 1. The normalized spacial score (nSPS) is 12.9. The Balaban J connectivity index is 2.50. The number of nitrogens with one attached hydrogen (secondary N) is 1. The van der Waals surface area contributed by atoms with Crippen LogP contribution >= 0.6 is 23.2 Å². The maximum Gasteiger partial charge on any atom is 0.240 e. The summed E-state index contributed by atoms with van der Waals surface area (Å²) in [6.07, 6.45) is 0. The Labute approximate surface area is 132 Å². The molecule has 2 aromatic rings. The van der Waals surface area contributed by atoms with Crippen molar-refractivity contribution in [2.75, 3.05) is 0 Å². The number of hydrogen-bond acceptors (Lipinski definition) is 2. The van der Waals surface area contributed by atoms with Crippen LogP contribution in [0, 0.1) is 5.82 Å². The van der Waals surface area contributed by atoms with Gasteiger partial charge in [-0.2, -0.15) is 0 Å². The zero-order chi connectivity index (χ0) is 15.7. The molecule has 114 valence electrons. The van der Waals surface area contributed by atoms with Crippen LogP contribution in [0.25, 0.3) is 11.0 Å². The molecule has 1 amide bonds. The largest absolute Gasteiger partial charge is 0.352 e. The summed E-state index contributed by atoms with van der Waals surface area (Å²) >= 11 is 11.9. The number of hydrogen-bond donors (Lipinski definition) is 1. The van der Waals surface area contributed by atoms with Gasteiger partial charge in [0.15, 0.2) is 0 Å². The summed E-state index contributed by atoms with van der Waals surface area (Å²) in [5.74, 6) is -0.228. The lowest BCUT2D eigenvalue weighted by molar-refractivity contribution is -0.122. The van der Waals surface area contributed by atoms with Gasteiger partial charge in [-0.3, -0.25) is 4.79 Å². The van der Waals surface area contributed by atoms with E-state index in [-0.39, 0.29) is 23.5 Å². The van der Waals surface area contributed by atoms with Gasteiger partial charge in [-0.05, 0) is 26.8 Å². The molecule has 0 aliphatic rings. The molecule has 1 atom stereocenters. The number of imidazole rings is 1. The average Bonchev–Trinajstić information content (AvgIpc) is 2.67. The molecule has 4 nitrogen and oxygen atoms in total. The Bertz CT molecular complexity index is 682. The van der Waals surface area contributed by atoms with Crippen LogP contribution in [0.4, 0.5) is 4.39 Å². The van der Waals surface area contributed by atoms with Crippen LogP contribution in [-0.2, 0) is 11.3 Å². The maximum atomic E-state index is 13.7. The van der Waals surface area contributed by atoms with E-state index in [1.165, 1.54) is 12.1 Å². The van der Waals surface area contributed by atoms with Crippen molar-refractivity contribution in [2.24, 2.45) is 0 Å². The Morgan fingerprint density at radius 2 is 2.10 bits per heavy atom. The number of amides is 1. The Morgan fingerprint density at radius 1 is 1.43 bits per heavy atom. The molecule has 1 aromatic heterocycles.